The van der Waals surface area contributed by atoms with Crippen LogP contribution >= 0.6 is 0 Å². The average molecular weight is 627 g/mol. The minimum absolute atomic E-state index is 0.0151. The van der Waals surface area contributed by atoms with Crippen molar-refractivity contribution in [3.8, 4) is 0 Å². The van der Waals surface area contributed by atoms with Crippen molar-refractivity contribution in [3.63, 3.8) is 0 Å². The van der Waals surface area contributed by atoms with Crippen LogP contribution in [0.5, 0.6) is 0 Å². The van der Waals surface area contributed by atoms with E-state index < -0.39 is 29.4 Å². The van der Waals surface area contributed by atoms with E-state index in [-0.39, 0.29) is 42.2 Å². The van der Waals surface area contributed by atoms with Crippen molar-refractivity contribution >= 4 is 23.6 Å². The van der Waals surface area contributed by atoms with Crippen LogP contribution in [0.3, 0.4) is 0 Å². The summed E-state index contributed by atoms with van der Waals surface area (Å²) in [6.45, 7) is 7.85. The highest BCUT2D eigenvalue weighted by molar-refractivity contribution is 5.95. The first kappa shape index (κ1) is 31.5. The largest absolute Gasteiger partial charge is 0.371 e. The predicted molar refractivity (Wildman–Crippen MR) is 170 cm³/mol. The van der Waals surface area contributed by atoms with Gasteiger partial charge in [-0.05, 0) is 29.9 Å². The molecule has 3 heterocycles. The molecule has 4 amide bonds. The van der Waals surface area contributed by atoms with Gasteiger partial charge < -0.3 is 25.6 Å². The molecule has 242 valence electrons. The van der Waals surface area contributed by atoms with Crippen molar-refractivity contribution in [2.75, 3.05) is 26.2 Å². The lowest BCUT2D eigenvalue weighted by molar-refractivity contribution is -0.152. The number of ether oxygens (including phenoxy) is 1. The van der Waals surface area contributed by atoms with E-state index >= 15 is 0 Å². The summed E-state index contributed by atoms with van der Waals surface area (Å²) in [7, 11) is 0. The molecule has 0 unspecified atom stereocenters. The molecular weight excluding hydrogens is 584 g/mol. The van der Waals surface area contributed by atoms with Crippen molar-refractivity contribution in [2.45, 2.75) is 52.5 Å². The standard InChI is InChI=1S/C35H42N6O5/c1-23(46-19-25-12-8-5-9-13-25)29(30(36)42)38-31(43)28-18-39(20-35(28)21-40(22-35)33(45)27-14-34(27,2)3)32(44)26-15-37-41(17-26)16-24-10-6-4-7-11-24/h4-13,15,17,23,27-29H,14,16,18-22H2,1-3H3,(H2,36,42)(H,38,43)/t23-,27-,28+,29+/m1/s1. The minimum atomic E-state index is -1.07. The highest BCUT2D eigenvalue weighted by Crippen LogP contribution is 2.54. The smallest absolute Gasteiger partial charge is 0.257 e. The van der Waals surface area contributed by atoms with Crippen molar-refractivity contribution in [2.24, 2.45) is 28.4 Å². The van der Waals surface area contributed by atoms with Gasteiger partial charge in [0.25, 0.3) is 5.91 Å². The highest BCUT2D eigenvalue weighted by Gasteiger charge is 2.62. The zero-order valence-electron chi connectivity index (χ0n) is 26.6. The molecule has 4 atom stereocenters. The molecule has 1 aliphatic carbocycles. The van der Waals surface area contributed by atoms with Gasteiger partial charge >= 0.3 is 0 Å². The second-order valence-corrected chi connectivity index (χ2v) is 13.8. The van der Waals surface area contributed by atoms with Gasteiger partial charge in [-0.1, -0.05) is 74.5 Å². The van der Waals surface area contributed by atoms with Crippen molar-refractivity contribution in [3.05, 3.63) is 89.7 Å². The summed E-state index contributed by atoms with van der Waals surface area (Å²) in [5, 5.41) is 7.24. The molecule has 2 aromatic carbocycles. The molecule has 1 saturated carbocycles. The number of nitrogens with two attached hydrogens (primary N) is 1. The number of hydrogen-bond acceptors (Lipinski definition) is 6. The molecule has 3 aromatic rings. The van der Waals surface area contributed by atoms with Gasteiger partial charge in [-0.2, -0.15) is 5.10 Å². The summed E-state index contributed by atoms with van der Waals surface area (Å²) in [5.74, 6) is -1.88. The third-order valence-electron chi connectivity index (χ3n) is 9.88. The number of likely N-dealkylation sites (tertiary alicyclic amines) is 2. The molecule has 0 radical (unpaired) electrons. The van der Waals surface area contributed by atoms with Gasteiger partial charge in [-0.15, -0.1) is 0 Å². The van der Waals surface area contributed by atoms with E-state index in [0.29, 0.717) is 31.7 Å². The summed E-state index contributed by atoms with van der Waals surface area (Å²) >= 11 is 0. The van der Waals surface area contributed by atoms with Crippen LogP contribution in [0, 0.1) is 22.7 Å². The van der Waals surface area contributed by atoms with Crippen LogP contribution in [-0.4, -0.2) is 81.5 Å². The third-order valence-corrected chi connectivity index (χ3v) is 9.88. The first-order valence-corrected chi connectivity index (χ1v) is 15.9. The van der Waals surface area contributed by atoms with Crippen LogP contribution in [0.25, 0.3) is 0 Å². The van der Waals surface area contributed by atoms with E-state index in [4.69, 9.17) is 10.5 Å². The summed E-state index contributed by atoms with van der Waals surface area (Å²) in [6.07, 6.45) is 3.42. The van der Waals surface area contributed by atoms with Crippen LogP contribution in [0.1, 0.15) is 48.7 Å². The van der Waals surface area contributed by atoms with E-state index in [1.54, 1.807) is 28.9 Å². The van der Waals surface area contributed by atoms with Crippen LogP contribution < -0.4 is 11.1 Å². The summed E-state index contributed by atoms with van der Waals surface area (Å²) in [6, 6.07) is 18.3. The highest BCUT2D eigenvalue weighted by atomic mass is 16.5. The SMILES string of the molecule is C[C@@H](OCc1ccccc1)[C@H](NC(=O)[C@@H]1CN(C(=O)c2cnn(Cc3ccccc3)c2)CC12CN(C(=O)[C@H]1CC1(C)C)C2)C(N)=O. The molecule has 2 saturated heterocycles. The fraction of sp³-hybridized carbons (Fsp3) is 0.457. The fourth-order valence-corrected chi connectivity index (χ4v) is 6.87. The van der Waals surface area contributed by atoms with Gasteiger partial charge in [-0.25, -0.2) is 0 Å². The van der Waals surface area contributed by atoms with Crippen LogP contribution in [-0.2, 0) is 32.3 Å². The number of rotatable bonds is 11. The molecular formula is C35H42N6O5. The molecule has 0 bridgehead atoms. The van der Waals surface area contributed by atoms with E-state index in [1.807, 2.05) is 65.6 Å². The second-order valence-electron chi connectivity index (χ2n) is 13.8. The lowest BCUT2D eigenvalue weighted by atomic mass is 9.70. The second kappa shape index (κ2) is 12.4. The number of carbonyl (C=O) groups is 4. The average Bonchev–Trinajstić information content (AvgIpc) is 3.34. The molecule has 6 rings (SSSR count). The van der Waals surface area contributed by atoms with Crippen LogP contribution in [0.2, 0.25) is 0 Å². The number of carbonyl (C=O) groups excluding carboxylic acids is 4. The molecule has 2 aliphatic heterocycles. The number of primary amides is 1. The maximum Gasteiger partial charge on any atom is 0.257 e. The normalized spacial score (nSPS) is 22.2. The maximum atomic E-state index is 14.0. The Balaban J connectivity index is 1.16. The molecule has 11 heteroatoms. The summed E-state index contributed by atoms with van der Waals surface area (Å²) < 4.78 is 7.64. The molecule has 3 N–H and O–H groups in total. The Morgan fingerprint density at radius 1 is 0.957 bits per heavy atom. The van der Waals surface area contributed by atoms with Gasteiger partial charge in [0, 0.05) is 43.7 Å². The van der Waals surface area contributed by atoms with Gasteiger partial charge in [0.15, 0.2) is 0 Å². The lowest BCUT2D eigenvalue weighted by Crippen LogP contribution is -2.65. The number of aromatic nitrogens is 2. The molecule has 1 aromatic heterocycles. The fourth-order valence-electron chi connectivity index (χ4n) is 6.87. The number of nitrogens with one attached hydrogen (secondary N) is 1. The van der Waals surface area contributed by atoms with Crippen LogP contribution in [0.4, 0.5) is 0 Å². The van der Waals surface area contributed by atoms with E-state index in [9.17, 15) is 19.2 Å². The van der Waals surface area contributed by atoms with Crippen molar-refractivity contribution in [1.29, 1.82) is 0 Å². The minimum Gasteiger partial charge on any atom is -0.371 e. The zero-order valence-corrected chi connectivity index (χ0v) is 26.6. The van der Waals surface area contributed by atoms with Gasteiger partial charge in [0.05, 0.1) is 36.9 Å². The molecule has 11 nitrogen and oxygen atoms in total. The lowest BCUT2D eigenvalue weighted by Gasteiger charge is -2.50. The van der Waals surface area contributed by atoms with Gasteiger partial charge in [-0.3, -0.25) is 23.9 Å². The Kier molecular flexibility index (Phi) is 8.45. The Hall–Kier alpha value is -4.51. The number of nitrogens with zero attached hydrogens (tertiary/aromatic N) is 4. The summed E-state index contributed by atoms with van der Waals surface area (Å²) in [5.41, 5.74) is 7.51. The first-order chi connectivity index (χ1) is 22.0. The third kappa shape index (κ3) is 6.42. The molecule has 46 heavy (non-hydrogen) atoms. The van der Waals surface area contributed by atoms with E-state index in [1.165, 1.54) is 0 Å². The monoisotopic (exact) mass is 626 g/mol. The van der Waals surface area contributed by atoms with E-state index in [0.717, 1.165) is 17.5 Å². The quantitative estimate of drug-likeness (QED) is 0.335. The number of benzene rings is 2. The zero-order chi connectivity index (χ0) is 32.6. The molecule has 3 fully saturated rings. The maximum absolute atomic E-state index is 14.0. The Morgan fingerprint density at radius 2 is 1.57 bits per heavy atom. The topological polar surface area (TPSA) is 140 Å². The van der Waals surface area contributed by atoms with E-state index in [2.05, 4.69) is 24.3 Å². The number of amides is 4. The Labute approximate surface area is 269 Å². The molecule has 1 spiro atoms. The predicted octanol–water partition coefficient (Wildman–Crippen LogP) is 2.45. The van der Waals surface area contributed by atoms with Gasteiger partial charge in [0.1, 0.15) is 6.04 Å². The first-order valence-electron chi connectivity index (χ1n) is 15.9. The Morgan fingerprint density at radius 3 is 2.17 bits per heavy atom. The van der Waals surface area contributed by atoms with Crippen molar-refractivity contribution < 1.29 is 23.9 Å². The summed E-state index contributed by atoms with van der Waals surface area (Å²) in [4.78, 5) is 56.9. The number of hydrogen-bond donors (Lipinski definition) is 2. The molecule has 3 aliphatic rings. The van der Waals surface area contributed by atoms with Crippen molar-refractivity contribution in [1.82, 2.24) is 24.9 Å². The Bertz CT molecular complexity index is 1600. The van der Waals surface area contributed by atoms with Crippen LogP contribution in [0.15, 0.2) is 73.1 Å². The van der Waals surface area contributed by atoms with Gasteiger partial charge in [0.2, 0.25) is 17.7 Å².